The molecule has 4 heteroatoms. The zero-order valence-corrected chi connectivity index (χ0v) is 15.2. The van der Waals surface area contributed by atoms with Gasteiger partial charge in [0.05, 0.1) is 12.4 Å². The molecule has 1 aliphatic rings. The van der Waals surface area contributed by atoms with Gasteiger partial charge in [-0.05, 0) is 24.3 Å². The summed E-state index contributed by atoms with van der Waals surface area (Å²) >= 11 is 0. The SMILES string of the molecule is Cn1cncc1CCC(=O)N[C@H](CC1CCCCC1)c1ccccc1. The van der Waals surface area contributed by atoms with Crippen molar-refractivity contribution in [2.75, 3.05) is 0 Å². The topological polar surface area (TPSA) is 46.9 Å². The smallest absolute Gasteiger partial charge is 0.220 e. The minimum atomic E-state index is 0.128. The molecule has 3 rings (SSSR count). The number of imidazole rings is 1. The van der Waals surface area contributed by atoms with E-state index in [0.717, 1.165) is 24.5 Å². The second kappa shape index (κ2) is 8.84. The molecule has 0 unspecified atom stereocenters. The van der Waals surface area contributed by atoms with Gasteiger partial charge in [0, 0.05) is 25.4 Å². The summed E-state index contributed by atoms with van der Waals surface area (Å²) in [7, 11) is 1.97. The molecule has 4 nitrogen and oxygen atoms in total. The standard InChI is InChI=1S/C21H29N3O/c1-24-16-22-15-19(24)12-13-21(25)23-20(18-10-6-3-7-11-18)14-17-8-4-2-5-9-17/h3,6-7,10-11,15-17,20H,2,4-5,8-9,12-14H2,1H3,(H,23,25)/t20-/m1/s1. The number of aryl methyl sites for hydroxylation is 2. The fraction of sp³-hybridized carbons (Fsp3) is 0.524. The summed E-state index contributed by atoms with van der Waals surface area (Å²) in [4.78, 5) is 16.7. The zero-order valence-electron chi connectivity index (χ0n) is 15.2. The van der Waals surface area contributed by atoms with Gasteiger partial charge in [-0.15, -0.1) is 0 Å². The molecule has 1 N–H and O–H groups in total. The summed E-state index contributed by atoms with van der Waals surface area (Å²) in [5, 5.41) is 3.29. The van der Waals surface area contributed by atoms with Crippen LogP contribution in [0.3, 0.4) is 0 Å². The number of carbonyl (C=O) groups is 1. The van der Waals surface area contributed by atoms with Crippen molar-refractivity contribution < 1.29 is 4.79 Å². The summed E-state index contributed by atoms with van der Waals surface area (Å²) in [5.41, 5.74) is 2.32. The van der Waals surface area contributed by atoms with E-state index in [-0.39, 0.29) is 11.9 Å². The Balaban J connectivity index is 1.60. The Morgan fingerprint density at radius 1 is 1.24 bits per heavy atom. The van der Waals surface area contributed by atoms with Gasteiger partial charge >= 0.3 is 0 Å². The number of hydrogen-bond acceptors (Lipinski definition) is 2. The van der Waals surface area contributed by atoms with E-state index in [9.17, 15) is 4.79 Å². The molecule has 0 radical (unpaired) electrons. The average Bonchev–Trinajstić information content (AvgIpc) is 3.06. The maximum absolute atomic E-state index is 12.5. The normalized spacial score (nSPS) is 16.5. The van der Waals surface area contributed by atoms with Gasteiger partial charge in [-0.2, -0.15) is 0 Å². The van der Waals surface area contributed by atoms with Crippen LogP contribution in [0.15, 0.2) is 42.9 Å². The summed E-state index contributed by atoms with van der Waals surface area (Å²) in [5.74, 6) is 0.863. The molecule has 2 aromatic rings. The summed E-state index contributed by atoms with van der Waals surface area (Å²) in [6.07, 6.45) is 12.5. The molecule has 0 aliphatic heterocycles. The number of amides is 1. The van der Waals surface area contributed by atoms with E-state index in [1.807, 2.05) is 23.9 Å². The second-order valence-corrected chi connectivity index (χ2v) is 7.27. The first-order valence-electron chi connectivity index (χ1n) is 9.52. The molecule has 1 saturated carbocycles. The molecule has 134 valence electrons. The molecule has 1 amide bonds. The molecule has 0 saturated heterocycles. The van der Waals surface area contributed by atoms with Gasteiger partial charge in [-0.25, -0.2) is 4.98 Å². The van der Waals surface area contributed by atoms with Gasteiger partial charge in [0.15, 0.2) is 0 Å². The molecule has 25 heavy (non-hydrogen) atoms. The summed E-state index contributed by atoms with van der Waals surface area (Å²) < 4.78 is 1.98. The van der Waals surface area contributed by atoms with Crippen molar-refractivity contribution in [2.24, 2.45) is 13.0 Å². The lowest BCUT2D eigenvalue weighted by Gasteiger charge is -2.27. The zero-order chi connectivity index (χ0) is 17.5. The van der Waals surface area contributed by atoms with Crippen molar-refractivity contribution in [1.29, 1.82) is 0 Å². The molecular weight excluding hydrogens is 310 g/mol. The second-order valence-electron chi connectivity index (χ2n) is 7.27. The molecule has 1 aromatic heterocycles. The predicted molar refractivity (Wildman–Crippen MR) is 100 cm³/mol. The summed E-state index contributed by atoms with van der Waals surface area (Å²) in [6.45, 7) is 0. The van der Waals surface area contributed by atoms with E-state index >= 15 is 0 Å². The van der Waals surface area contributed by atoms with Crippen molar-refractivity contribution in [2.45, 2.75) is 57.4 Å². The fourth-order valence-corrected chi connectivity index (χ4v) is 3.85. The van der Waals surface area contributed by atoms with E-state index < -0.39 is 0 Å². The average molecular weight is 339 g/mol. The van der Waals surface area contributed by atoms with Gasteiger partial charge in [0.25, 0.3) is 0 Å². The first-order valence-corrected chi connectivity index (χ1v) is 9.52. The summed E-state index contributed by atoms with van der Waals surface area (Å²) in [6, 6.07) is 10.5. The van der Waals surface area contributed by atoms with Gasteiger partial charge in [0.1, 0.15) is 0 Å². The van der Waals surface area contributed by atoms with E-state index in [1.165, 1.54) is 37.7 Å². The van der Waals surface area contributed by atoms with Crippen LogP contribution in [0.4, 0.5) is 0 Å². The van der Waals surface area contributed by atoms with Crippen LogP contribution < -0.4 is 5.32 Å². The van der Waals surface area contributed by atoms with Gasteiger partial charge < -0.3 is 9.88 Å². The van der Waals surface area contributed by atoms with E-state index in [2.05, 4.69) is 34.6 Å². The Kier molecular flexibility index (Phi) is 6.26. The number of rotatable bonds is 7. The number of hydrogen-bond donors (Lipinski definition) is 1. The number of benzene rings is 1. The number of nitrogens with zero attached hydrogens (tertiary/aromatic N) is 2. The Morgan fingerprint density at radius 3 is 2.68 bits per heavy atom. The molecule has 1 atom stereocenters. The fourth-order valence-electron chi connectivity index (χ4n) is 3.85. The lowest BCUT2D eigenvalue weighted by Crippen LogP contribution is -2.30. The Hall–Kier alpha value is -2.10. The first-order chi connectivity index (χ1) is 12.2. The maximum Gasteiger partial charge on any atom is 0.220 e. The largest absolute Gasteiger partial charge is 0.349 e. The number of aromatic nitrogens is 2. The quantitative estimate of drug-likeness (QED) is 0.822. The lowest BCUT2D eigenvalue weighted by molar-refractivity contribution is -0.122. The highest BCUT2D eigenvalue weighted by molar-refractivity contribution is 5.76. The molecule has 1 fully saturated rings. The molecule has 0 bridgehead atoms. The first kappa shape index (κ1) is 17.7. The van der Waals surface area contributed by atoms with Crippen molar-refractivity contribution in [3.8, 4) is 0 Å². The third-order valence-corrected chi connectivity index (χ3v) is 5.36. The van der Waals surface area contributed by atoms with Crippen LogP contribution in [0.1, 0.15) is 62.2 Å². The highest BCUT2D eigenvalue weighted by Crippen LogP contribution is 2.32. The third kappa shape index (κ3) is 5.18. The van der Waals surface area contributed by atoms with Gasteiger partial charge in [-0.1, -0.05) is 62.4 Å². The minimum Gasteiger partial charge on any atom is -0.349 e. The minimum absolute atomic E-state index is 0.128. The molecule has 1 aliphatic carbocycles. The van der Waals surface area contributed by atoms with Gasteiger partial charge in [0.2, 0.25) is 5.91 Å². The molecule has 0 spiro atoms. The molecular formula is C21H29N3O. The number of carbonyl (C=O) groups excluding carboxylic acids is 1. The van der Waals surface area contributed by atoms with Gasteiger partial charge in [-0.3, -0.25) is 4.79 Å². The van der Waals surface area contributed by atoms with Crippen molar-refractivity contribution in [3.63, 3.8) is 0 Å². The highest BCUT2D eigenvalue weighted by Gasteiger charge is 2.21. The Morgan fingerprint density at radius 2 is 2.00 bits per heavy atom. The molecule has 1 aromatic carbocycles. The van der Waals surface area contributed by atoms with Crippen LogP contribution in [0, 0.1) is 5.92 Å². The highest BCUT2D eigenvalue weighted by atomic mass is 16.1. The Labute approximate surface area is 150 Å². The van der Waals surface area contributed by atoms with Crippen LogP contribution in [-0.2, 0) is 18.3 Å². The van der Waals surface area contributed by atoms with E-state index in [0.29, 0.717) is 6.42 Å². The van der Waals surface area contributed by atoms with Crippen LogP contribution in [0.2, 0.25) is 0 Å². The van der Waals surface area contributed by atoms with Crippen LogP contribution in [0.25, 0.3) is 0 Å². The third-order valence-electron chi connectivity index (χ3n) is 5.36. The van der Waals surface area contributed by atoms with Crippen molar-refractivity contribution in [3.05, 3.63) is 54.1 Å². The van der Waals surface area contributed by atoms with Crippen LogP contribution in [0.5, 0.6) is 0 Å². The van der Waals surface area contributed by atoms with Crippen LogP contribution >= 0.6 is 0 Å². The van der Waals surface area contributed by atoms with Crippen molar-refractivity contribution in [1.82, 2.24) is 14.9 Å². The maximum atomic E-state index is 12.5. The van der Waals surface area contributed by atoms with Crippen LogP contribution in [-0.4, -0.2) is 15.5 Å². The van der Waals surface area contributed by atoms with Crippen molar-refractivity contribution >= 4 is 5.91 Å². The number of nitrogens with one attached hydrogen (secondary N) is 1. The Bertz CT molecular complexity index is 659. The predicted octanol–water partition coefficient (Wildman–Crippen LogP) is 4.18. The monoisotopic (exact) mass is 339 g/mol. The lowest BCUT2D eigenvalue weighted by atomic mass is 9.83. The molecule has 1 heterocycles. The van der Waals surface area contributed by atoms with E-state index in [1.54, 1.807) is 6.33 Å². The van der Waals surface area contributed by atoms with E-state index in [4.69, 9.17) is 0 Å².